The predicted molar refractivity (Wildman–Crippen MR) is 77.9 cm³/mol. The van der Waals surface area contributed by atoms with Crippen molar-refractivity contribution in [1.82, 2.24) is 5.32 Å². The van der Waals surface area contributed by atoms with Crippen LogP contribution in [-0.2, 0) is 19.6 Å². The molecule has 1 atom stereocenters. The molecule has 0 saturated heterocycles. The zero-order chi connectivity index (χ0) is 16.6. The Balaban J connectivity index is 0. The molecule has 23 heavy (non-hydrogen) atoms. The summed E-state index contributed by atoms with van der Waals surface area (Å²) in [5, 5.41) is 2.27. The maximum Gasteiger partial charge on any atom is 1.00 e. The molecule has 0 aliphatic carbocycles. The van der Waals surface area contributed by atoms with Crippen LogP contribution in [-0.4, -0.2) is 43.6 Å². The zero-order valence-electron chi connectivity index (χ0n) is 13.9. The number of ether oxygens (including phenoxy) is 2. The Labute approximate surface area is 158 Å². The van der Waals surface area contributed by atoms with E-state index in [-0.39, 0.29) is 43.9 Å². The Hall–Kier alpha value is -1.13. The van der Waals surface area contributed by atoms with Crippen molar-refractivity contribution >= 4 is 22.2 Å². The molecular formula is C13H18NNaO7S. The number of carbonyl (C=O) groups is 2. The molecule has 0 heterocycles. The first-order valence-electron chi connectivity index (χ1n) is 6.43. The summed E-state index contributed by atoms with van der Waals surface area (Å²) in [5.74, 6) is -1.10. The molecular weight excluding hydrogens is 337 g/mol. The average molecular weight is 355 g/mol. The number of hydrogen-bond donors (Lipinski definition) is 2. The van der Waals surface area contributed by atoms with E-state index in [1.54, 1.807) is 30.3 Å². The van der Waals surface area contributed by atoms with Crippen LogP contribution in [0.4, 0.5) is 4.79 Å². The Morgan fingerprint density at radius 2 is 1.87 bits per heavy atom. The molecule has 1 amide bonds. The van der Waals surface area contributed by atoms with Crippen LogP contribution in [0.25, 0.3) is 0 Å². The minimum atomic E-state index is -4.05. The van der Waals surface area contributed by atoms with Gasteiger partial charge >= 0.3 is 41.6 Å². The van der Waals surface area contributed by atoms with Gasteiger partial charge in [-0.1, -0.05) is 18.2 Å². The van der Waals surface area contributed by atoms with Gasteiger partial charge in [-0.3, -0.25) is 4.55 Å². The monoisotopic (exact) mass is 355 g/mol. The second-order valence-electron chi connectivity index (χ2n) is 4.31. The molecule has 1 unspecified atom stereocenters. The van der Waals surface area contributed by atoms with E-state index in [1.165, 1.54) is 6.92 Å². The second kappa shape index (κ2) is 10.6. The van der Waals surface area contributed by atoms with Crippen molar-refractivity contribution in [1.29, 1.82) is 0 Å². The molecule has 0 aliphatic rings. The van der Waals surface area contributed by atoms with Crippen molar-refractivity contribution in [2.75, 3.05) is 12.3 Å². The van der Waals surface area contributed by atoms with Gasteiger partial charge in [0.2, 0.25) is 6.29 Å². The molecule has 0 aliphatic heterocycles. The van der Waals surface area contributed by atoms with Gasteiger partial charge in [-0.15, -0.1) is 0 Å². The largest absolute Gasteiger partial charge is 1.00 e. The van der Waals surface area contributed by atoms with Crippen molar-refractivity contribution in [2.45, 2.75) is 19.6 Å². The van der Waals surface area contributed by atoms with Crippen LogP contribution < -0.4 is 34.9 Å². The SMILES string of the molecule is CC(OC(=O)NCCCS(=O)(=O)O)OC(=O)c1ccccc1.[H-].[Na+]. The molecule has 0 fully saturated rings. The quantitative estimate of drug-likeness (QED) is 0.197. The number of rotatable bonds is 7. The van der Waals surface area contributed by atoms with E-state index >= 15 is 0 Å². The van der Waals surface area contributed by atoms with Gasteiger partial charge in [0.15, 0.2) is 0 Å². The summed E-state index contributed by atoms with van der Waals surface area (Å²) in [6, 6.07) is 8.21. The molecule has 0 spiro atoms. The number of alkyl carbamates (subject to hydrolysis) is 1. The van der Waals surface area contributed by atoms with Gasteiger partial charge in [-0.25, -0.2) is 9.59 Å². The van der Waals surface area contributed by atoms with Crippen molar-refractivity contribution in [3.8, 4) is 0 Å². The summed E-state index contributed by atoms with van der Waals surface area (Å²) in [6.07, 6.45) is -1.93. The van der Waals surface area contributed by atoms with Gasteiger partial charge in [0.1, 0.15) is 0 Å². The summed E-state index contributed by atoms with van der Waals surface area (Å²) in [4.78, 5) is 23.0. The number of carbonyl (C=O) groups excluding carboxylic acids is 2. The first-order chi connectivity index (χ1) is 10.3. The number of benzene rings is 1. The fourth-order valence-corrected chi connectivity index (χ4v) is 1.96. The number of nitrogens with one attached hydrogen (secondary N) is 1. The minimum Gasteiger partial charge on any atom is -1.00 e. The first-order valence-corrected chi connectivity index (χ1v) is 8.04. The number of amides is 1. The van der Waals surface area contributed by atoms with Gasteiger partial charge in [-0.05, 0) is 18.6 Å². The molecule has 1 aromatic rings. The van der Waals surface area contributed by atoms with E-state index in [4.69, 9.17) is 14.0 Å². The summed E-state index contributed by atoms with van der Waals surface area (Å²) in [7, 11) is -4.05. The summed E-state index contributed by atoms with van der Waals surface area (Å²) >= 11 is 0. The smallest absolute Gasteiger partial charge is 1.00 e. The Morgan fingerprint density at radius 3 is 2.43 bits per heavy atom. The standard InChI is InChI=1S/C13H17NO7S.Na.H/c1-10(20-12(15)11-6-3-2-4-7-11)21-13(16)14-8-5-9-22(17,18)19;;/h2-4,6-7,10H,5,8-9H2,1H3,(H,14,16)(H,17,18,19);;/q;+1;-1. The Kier molecular flexibility index (Phi) is 10.1. The van der Waals surface area contributed by atoms with Crippen LogP contribution >= 0.6 is 0 Å². The fourth-order valence-electron chi connectivity index (χ4n) is 1.45. The third-order valence-corrected chi connectivity index (χ3v) is 3.21. The number of esters is 1. The molecule has 124 valence electrons. The Bertz CT molecular complexity index is 612. The maximum absolute atomic E-state index is 11.7. The van der Waals surface area contributed by atoms with Crippen molar-refractivity contribution in [3.05, 3.63) is 35.9 Å². The topological polar surface area (TPSA) is 119 Å². The van der Waals surface area contributed by atoms with Gasteiger partial charge < -0.3 is 16.2 Å². The van der Waals surface area contributed by atoms with Crippen LogP contribution in [0.1, 0.15) is 25.1 Å². The van der Waals surface area contributed by atoms with E-state index in [2.05, 4.69) is 5.32 Å². The van der Waals surface area contributed by atoms with Crippen LogP contribution in [0.2, 0.25) is 0 Å². The third kappa shape index (κ3) is 10.3. The van der Waals surface area contributed by atoms with Crippen LogP contribution in [0.5, 0.6) is 0 Å². The van der Waals surface area contributed by atoms with Gasteiger partial charge in [0.05, 0.1) is 11.3 Å². The molecule has 1 rings (SSSR count). The van der Waals surface area contributed by atoms with Crippen molar-refractivity contribution < 1.29 is 63.0 Å². The van der Waals surface area contributed by atoms with Gasteiger partial charge in [-0.2, -0.15) is 8.42 Å². The van der Waals surface area contributed by atoms with Crippen molar-refractivity contribution in [3.63, 3.8) is 0 Å². The van der Waals surface area contributed by atoms with Crippen LogP contribution in [0.15, 0.2) is 30.3 Å². The predicted octanol–water partition coefficient (Wildman–Crippen LogP) is -1.69. The zero-order valence-corrected chi connectivity index (χ0v) is 15.7. The van der Waals surface area contributed by atoms with E-state index < -0.39 is 34.2 Å². The number of hydrogen-bond acceptors (Lipinski definition) is 6. The molecule has 0 aromatic heterocycles. The fraction of sp³-hybridized carbons (Fsp3) is 0.385. The van der Waals surface area contributed by atoms with E-state index in [0.29, 0.717) is 5.56 Å². The van der Waals surface area contributed by atoms with Crippen LogP contribution in [0, 0.1) is 0 Å². The molecule has 10 heteroatoms. The average Bonchev–Trinajstić information content (AvgIpc) is 2.43. The molecule has 0 radical (unpaired) electrons. The summed E-state index contributed by atoms with van der Waals surface area (Å²) in [5.41, 5.74) is 0.325. The first kappa shape index (κ1) is 21.9. The molecule has 0 bridgehead atoms. The normalized spacial score (nSPS) is 11.7. The van der Waals surface area contributed by atoms with E-state index in [1.807, 2.05) is 0 Å². The third-order valence-electron chi connectivity index (χ3n) is 2.40. The van der Waals surface area contributed by atoms with Gasteiger partial charge in [0.25, 0.3) is 10.1 Å². The summed E-state index contributed by atoms with van der Waals surface area (Å²) in [6.45, 7) is 1.37. The van der Waals surface area contributed by atoms with Gasteiger partial charge in [0, 0.05) is 13.5 Å². The molecule has 1 aromatic carbocycles. The minimum absolute atomic E-state index is 0. The summed E-state index contributed by atoms with van der Waals surface area (Å²) < 4.78 is 39.1. The Morgan fingerprint density at radius 1 is 1.26 bits per heavy atom. The van der Waals surface area contributed by atoms with E-state index in [0.717, 1.165) is 0 Å². The molecule has 0 saturated carbocycles. The second-order valence-corrected chi connectivity index (χ2v) is 5.88. The van der Waals surface area contributed by atoms with E-state index in [9.17, 15) is 18.0 Å². The van der Waals surface area contributed by atoms with Crippen molar-refractivity contribution in [2.24, 2.45) is 0 Å². The maximum atomic E-state index is 11.7. The van der Waals surface area contributed by atoms with Crippen LogP contribution in [0.3, 0.4) is 0 Å². The molecule has 2 N–H and O–H groups in total. The molecule has 8 nitrogen and oxygen atoms in total.